The summed E-state index contributed by atoms with van der Waals surface area (Å²) in [5.41, 5.74) is 42.5. The van der Waals surface area contributed by atoms with Crippen LogP contribution in [0, 0.1) is 41.5 Å². The van der Waals surface area contributed by atoms with Crippen molar-refractivity contribution in [3.05, 3.63) is 447 Å². The summed E-state index contributed by atoms with van der Waals surface area (Å²) in [5, 5.41) is 25.6. The van der Waals surface area contributed by atoms with E-state index in [0.717, 1.165) is 117 Å². The van der Waals surface area contributed by atoms with Crippen molar-refractivity contribution in [3.63, 3.8) is 0 Å². The Labute approximate surface area is 764 Å². The lowest BCUT2D eigenvalue weighted by molar-refractivity contribution is 1.13. The molecule has 132 heavy (non-hydrogen) atoms. The molecule has 0 spiro atoms. The molecule has 0 bridgehead atoms. The van der Waals surface area contributed by atoms with Crippen LogP contribution >= 0.6 is 0 Å². The molecule has 24 aromatic rings. The topological polar surface area (TPSA) is 116 Å². The van der Waals surface area contributed by atoms with Gasteiger partial charge in [0.25, 0.3) is 0 Å². The Kier molecular flexibility index (Phi) is 18.5. The molecule has 0 saturated carbocycles. The zero-order valence-corrected chi connectivity index (χ0v) is 74.2. The highest BCUT2D eigenvalue weighted by molar-refractivity contribution is 6.14. The van der Waals surface area contributed by atoms with E-state index in [0.29, 0.717) is 0 Å². The molecule has 0 amide bonds. The molecule has 9 aromatic heterocycles. The standard InChI is InChI=1S/3C21H15N.3C20H14N2/c1-13-19-12-15-7-3-4-8-16(15)20(19)18-11-10-14-6-2-5-9-17(14)21(18)22-13;1-13-15-7-4-5-9-17(15)20-12-19-16-8-3-2-6-14(16)10-11-18(19)21(20)22-13;1-13-17-8-4-5-9-18(17)20-12-16-10-14-6-2-3-7-15(14)11-19(16)21(20)22-13;1-12-14-7-4-5-9-16(14)18-10-17-15-8-3-2-6-13(15)11-21-19(17)20(18)22-12;1-12-17-11-14-5-2-3-7-15(14)18(17)16-9-8-13-6-4-10-21-19(13)20(16)22-12;1-12-17-11-18-14-6-3-2-5-13(14)8-9-15(18)19(17)16-7-4-10-21-20(16)22-12/h3*2-11H,12H2,1H3;2-9,11H,10H2,1H3;2*2-10H,11H2,1H3. The van der Waals surface area contributed by atoms with Gasteiger partial charge >= 0.3 is 0 Å². The average molecular weight is 1690 g/mol. The molecule has 0 radical (unpaired) electrons. The summed E-state index contributed by atoms with van der Waals surface area (Å²) in [7, 11) is 0. The third kappa shape index (κ3) is 12.8. The summed E-state index contributed by atoms with van der Waals surface area (Å²) in [6.07, 6.45) is 11.5. The second-order valence-corrected chi connectivity index (χ2v) is 36.0. The lowest BCUT2D eigenvalue weighted by Gasteiger charge is -2.11. The Morgan fingerprint density at radius 2 is 0.561 bits per heavy atom. The van der Waals surface area contributed by atoms with Gasteiger partial charge in [-0.15, -0.1) is 0 Å². The molecule has 624 valence electrons. The molecule has 30 rings (SSSR count). The summed E-state index contributed by atoms with van der Waals surface area (Å²) in [6.45, 7) is 12.7. The van der Waals surface area contributed by atoms with Crippen LogP contribution in [0.3, 0.4) is 0 Å². The van der Waals surface area contributed by atoms with Crippen LogP contribution < -0.4 is 0 Å². The molecule has 15 aromatic carbocycles. The number of aryl methyl sites for hydroxylation is 6. The first kappa shape index (κ1) is 78.1. The van der Waals surface area contributed by atoms with Gasteiger partial charge < -0.3 is 0 Å². The maximum atomic E-state index is 4.96. The highest BCUT2D eigenvalue weighted by Crippen LogP contribution is 2.51. The zero-order valence-electron chi connectivity index (χ0n) is 74.2. The van der Waals surface area contributed by atoms with E-state index in [1.165, 1.54) is 220 Å². The van der Waals surface area contributed by atoms with Crippen LogP contribution in [0.5, 0.6) is 0 Å². The Balaban J connectivity index is 0.0000000851. The fourth-order valence-corrected chi connectivity index (χ4v) is 22.3. The minimum Gasteiger partial charge on any atom is -0.254 e. The number of hydrogen-bond donors (Lipinski definition) is 0. The first-order chi connectivity index (χ1) is 64.9. The van der Waals surface area contributed by atoms with Crippen molar-refractivity contribution in [2.24, 2.45) is 0 Å². The van der Waals surface area contributed by atoms with Crippen LogP contribution in [0.15, 0.2) is 346 Å². The molecule has 0 saturated heterocycles. The quantitative estimate of drug-likeness (QED) is 0.137. The fourth-order valence-electron chi connectivity index (χ4n) is 22.3. The van der Waals surface area contributed by atoms with E-state index in [-0.39, 0.29) is 0 Å². The second-order valence-electron chi connectivity index (χ2n) is 36.0. The van der Waals surface area contributed by atoms with E-state index in [2.05, 4.69) is 367 Å². The lowest BCUT2D eigenvalue weighted by Crippen LogP contribution is -1.94. The van der Waals surface area contributed by atoms with Crippen LogP contribution in [0.2, 0.25) is 0 Å². The van der Waals surface area contributed by atoms with Gasteiger partial charge in [0.05, 0.1) is 39.3 Å². The largest absolute Gasteiger partial charge is 0.254 e. The molecule has 9 heteroatoms. The van der Waals surface area contributed by atoms with Crippen LogP contribution in [0.4, 0.5) is 0 Å². The van der Waals surface area contributed by atoms with Crippen molar-refractivity contribution in [1.29, 1.82) is 0 Å². The summed E-state index contributed by atoms with van der Waals surface area (Å²) in [5.74, 6) is 0. The van der Waals surface area contributed by atoms with Crippen molar-refractivity contribution >= 4 is 130 Å². The van der Waals surface area contributed by atoms with Crippen molar-refractivity contribution in [2.45, 2.75) is 80.1 Å². The summed E-state index contributed by atoms with van der Waals surface area (Å²) < 4.78 is 0. The maximum absolute atomic E-state index is 4.96. The number of pyridine rings is 9. The van der Waals surface area contributed by atoms with Gasteiger partial charge in [-0.3, -0.25) is 34.9 Å². The number of fused-ring (bicyclic) bond motifs is 41. The maximum Gasteiger partial charge on any atom is 0.159 e. The molecular formula is C123H87N9. The predicted octanol–water partition coefficient (Wildman–Crippen LogP) is 29.8. The molecule has 0 N–H and O–H groups in total. The third-order valence-electron chi connectivity index (χ3n) is 28.6. The van der Waals surface area contributed by atoms with Crippen molar-refractivity contribution in [2.75, 3.05) is 0 Å². The molecule has 0 atom stereocenters. The highest BCUT2D eigenvalue weighted by atomic mass is 14.9. The lowest BCUT2D eigenvalue weighted by atomic mass is 9.97. The van der Waals surface area contributed by atoms with E-state index < -0.39 is 0 Å². The van der Waals surface area contributed by atoms with E-state index in [9.17, 15) is 0 Å². The van der Waals surface area contributed by atoms with Gasteiger partial charge in [0, 0.05) is 151 Å². The van der Waals surface area contributed by atoms with Crippen molar-refractivity contribution < 1.29 is 0 Å². The summed E-state index contributed by atoms with van der Waals surface area (Å²) in [6, 6.07) is 117. The van der Waals surface area contributed by atoms with Gasteiger partial charge in [0.2, 0.25) is 0 Å². The van der Waals surface area contributed by atoms with Crippen molar-refractivity contribution in [3.8, 4) is 67.3 Å². The molecule has 0 aliphatic heterocycles. The average Bonchev–Trinajstić information content (AvgIpc) is 1.60. The normalized spacial score (nSPS) is 12.6. The highest BCUT2D eigenvalue weighted by Gasteiger charge is 2.32. The Morgan fingerprint density at radius 1 is 0.182 bits per heavy atom. The van der Waals surface area contributed by atoms with Gasteiger partial charge in [-0.05, 0) is 225 Å². The van der Waals surface area contributed by atoms with Crippen LogP contribution in [0.25, 0.3) is 197 Å². The monoisotopic (exact) mass is 1690 g/mol. The third-order valence-corrected chi connectivity index (χ3v) is 28.6. The van der Waals surface area contributed by atoms with Gasteiger partial charge in [-0.2, -0.15) is 0 Å². The number of rotatable bonds is 0. The number of aromatic nitrogens is 9. The molecule has 0 fully saturated rings. The predicted molar refractivity (Wildman–Crippen MR) is 547 cm³/mol. The van der Waals surface area contributed by atoms with E-state index >= 15 is 0 Å². The molecule has 9 heterocycles. The van der Waals surface area contributed by atoms with Gasteiger partial charge in [0.15, 0.2) is 5.65 Å². The van der Waals surface area contributed by atoms with Crippen molar-refractivity contribution in [1.82, 2.24) is 44.9 Å². The SMILES string of the molecule is Cc1nc2c(c3ccccc13)Cc1c-2ccc2ccccc12.Cc1nc2c(c3ccccc13)Cc1c-2ncc2ccccc12.Cc1nc2c(c3ccccc13)Cc1cc3ccccc3cc1-2.Cc1nc2c(ccc3ccccc32)c2c1Cc1ccccc1-2.Cc1nc2c(ccc3cccnc32)c2c1Cc1ccccc1-2.Cc1nc2ncccc2c2c1Cc1c-2ccc2ccccc12. The summed E-state index contributed by atoms with van der Waals surface area (Å²) >= 11 is 0. The molecule has 9 nitrogen and oxygen atoms in total. The Hall–Kier alpha value is -16.2. The van der Waals surface area contributed by atoms with E-state index in [1.807, 2.05) is 30.7 Å². The van der Waals surface area contributed by atoms with E-state index in [4.69, 9.17) is 34.9 Å². The first-order valence-electron chi connectivity index (χ1n) is 45.9. The molecule has 6 aliphatic rings. The van der Waals surface area contributed by atoms with Crippen LogP contribution in [0.1, 0.15) is 101 Å². The number of hydrogen-bond acceptors (Lipinski definition) is 9. The zero-order chi connectivity index (χ0) is 88.1. The van der Waals surface area contributed by atoms with Gasteiger partial charge in [-0.1, -0.05) is 303 Å². The first-order valence-corrected chi connectivity index (χ1v) is 45.9. The Morgan fingerprint density at radius 3 is 1.18 bits per heavy atom. The number of benzene rings is 15. The molecule has 0 unspecified atom stereocenters. The molecular weight excluding hydrogens is 1600 g/mol. The Bertz CT molecular complexity index is 8710. The number of nitrogens with zero attached hydrogens (tertiary/aromatic N) is 9. The molecule has 6 aliphatic carbocycles. The minimum absolute atomic E-state index is 0.847. The smallest absolute Gasteiger partial charge is 0.159 e. The van der Waals surface area contributed by atoms with Gasteiger partial charge in [0.1, 0.15) is 0 Å². The minimum atomic E-state index is 0.847. The van der Waals surface area contributed by atoms with Crippen LogP contribution in [-0.4, -0.2) is 44.9 Å². The fraction of sp³-hybridized carbons (Fsp3) is 0.0976. The summed E-state index contributed by atoms with van der Waals surface area (Å²) in [4.78, 5) is 43.0. The van der Waals surface area contributed by atoms with Gasteiger partial charge in [-0.25, -0.2) is 9.97 Å². The second kappa shape index (κ2) is 31.3. The van der Waals surface area contributed by atoms with Crippen LogP contribution in [-0.2, 0) is 38.5 Å². The van der Waals surface area contributed by atoms with E-state index in [1.54, 1.807) is 0 Å².